The van der Waals surface area contributed by atoms with E-state index < -0.39 is 24.9 Å². The number of rotatable bonds is 6. The number of hydrogen-bond donors (Lipinski definition) is 0. The molecular weight excluding hydrogens is 445 g/mol. The molecule has 2 aromatic carbocycles. The van der Waals surface area contributed by atoms with Crippen LogP contribution in [0.25, 0.3) is 22.2 Å². The van der Waals surface area contributed by atoms with E-state index in [1.807, 2.05) is 0 Å². The molecule has 4 aromatic rings. The standard InChI is InChI=1S/C23H18F5N3O2/c1-14-29-18-8-6-15(16-7-9-21(32)30(11-16)13-23(26,27)28)10-19(18)31(14)12-17-4-2-3-5-20(17)33-22(24)25/h2-11,22H,12-13H2,1H3. The summed E-state index contributed by atoms with van der Waals surface area (Å²) in [7, 11) is 0. The van der Waals surface area contributed by atoms with Gasteiger partial charge in [-0.05, 0) is 42.3 Å². The fourth-order valence-corrected chi connectivity index (χ4v) is 3.66. The van der Waals surface area contributed by atoms with E-state index in [1.165, 1.54) is 12.1 Å². The molecule has 0 N–H and O–H groups in total. The third kappa shape index (κ3) is 5.05. The number of ether oxygens (including phenoxy) is 1. The highest BCUT2D eigenvalue weighted by Crippen LogP contribution is 2.28. The lowest BCUT2D eigenvalue weighted by Gasteiger charge is -2.13. The molecule has 0 unspecified atom stereocenters. The number of imidazole rings is 1. The van der Waals surface area contributed by atoms with E-state index in [9.17, 15) is 26.7 Å². The normalized spacial score (nSPS) is 12.0. The Bertz CT molecular complexity index is 1360. The first kappa shape index (κ1) is 22.5. The largest absolute Gasteiger partial charge is 0.434 e. The Morgan fingerprint density at radius 2 is 1.76 bits per heavy atom. The second kappa shape index (κ2) is 8.68. The van der Waals surface area contributed by atoms with Crippen LogP contribution in [0, 0.1) is 6.92 Å². The average Bonchev–Trinajstić information content (AvgIpc) is 3.04. The smallest absolute Gasteiger partial charge is 0.406 e. The fourth-order valence-electron chi connectivity index (χ4n) is 3.66. The van der Waals surface area contributed by atoms with Crippen molar-refractivity contribution in [2.24, 2.45) is 0 Å². The molecule has 0 aliphatic carbocycles. The first-order valence-corrected chi connectivity index (χ1v) is 9.88. The van der Waals surface area contributed by atoms with E-state index in [4.69, 9.17) is 0 Å². The Morgan fingerprint density at radius 1 is 1.03 bits per heavy atom. The fraction of sp³-hybridized carbons (Fsp3) is 0.217. The van der Waals surface area contributed by atoms with Crippen molar-refractivity contribution in [2.75, 3.05) is 0 Å². The number of para-hydroxylation sites is 1. The Balaban J connectivity index is 1.75. The number of nitrogens with zero attached hydrogens (tertiary/aromatic N) is 3. The summed E-state index contributed by atoms with van der Waals surface area (Å²) in [5, 5.41) is 0. The van der Waals surface area contributed by atoms with Crippen molar-refractivity contribution in [3.63, 3.8) is 0 Å². The third-order valence-corrected chi connectivity index (χ3v) is 5.12. The van der Waals surface area contributed by atoms with Crippen molar-refractivity contribution in [2.45, 2.75) is 32.8 Å². The van der Waals surface area contributed by atoms with E-state index in [2.05, 4.69) is 9.72 Å². The van der Waals surface area contributed by atoms with Crippen molar-refractivity contribution in [1.82, 2.24) is 14.1 Å². The van der Waals surface area contributed by atoms with Crippen molar-refractivity contribution < 1.29 is 26.7 Å². The lowest BCUT2D eigenvalue weighted by atomic mass is 10.1. The van der Waals surface area contributed by atoms with Crippen LogP contribution in [0.5, 0.6) is 5.75 Å². The molecule has 10 heteroatoms. The van der Waals surface area contributed by atoms with E-state index in [0.717, 1.165) is 12.3 Å². The summed E-state index contributed by atoms with van der Waals surface area (Å²) >= 11 is 0. The lowest BCUT2D eigenvalue weighted by Crippen LogP contribution is -2.27. The van der Waals surface area contributed by atoms with Crippen molar-refractivity contribution in [3.05, 3.63) is 82.5 Å². The molecule has 0 atom stereocenters. The Morgan fingerprint density at radius 3 is 2.48 bits per heavy atom. The van der Waals surface area contributed by atoms with Gasteiger partial charge in [-0.15, -0.1) is 0 Å². The topological polar surface area (TPSA) is 49.0 Å². The van der Waals surface area contributed by atoms with Gasteiger partial charge in [-0.2, -0.15) is 22.0 Å². The number of aromatic nitrogens is 3. The summed E-state index contributed by atoms with van der Waals surface area (Å²) in [4.78, 5) is 16.3. The summed E-state index contributed by atoms with van der Waals surface area (Å²) in [6, 6.07) is 14.1. The minimum atomic E-state index is -4.53. The van der Waals surface area contributed by atoms with E-state index in [1.54, 1.807) is 47.9 Å². The van der Waals surface area contributed by atoms with Crippen LogP contribution in [0.15, 0.2) is 65.6 Å². The van der Waals surface area contributed by atoms with E-state index >= 15 is 0 Å². The quantitative estimate of drug-likeness (QED) is 0.361. The summed E-state index contributed by atoms with van der Waals surface area (Å²) in [5.41, 5.74) is 2.06. The summed E-state index contributed by atoms with van der Waals surface area (Å²) in [6.45, 7) is -2.40. The molecule has 0 fully saturated rings. The molecule has 2 aromatic heterocycles. The Hall–Kier alpha value is -3.69. The van der Waals surface area contributed by atoms with Crippen LogP contribution in [0.1, 0.15) is 11.4 Å². The zero-order valence-corrected chi connectivity index (χ0v) is 17.3. The van der Waals surface area contributed by atoms with Gasteiger partial charge in [0.2, 0.25) is 0 Å². The van der Waals surface area contributed by atoms with Crippen LogP contribution < -0.4 is 10.3 Å². The van der Waals surface area contributed by atoms with Gasteiger partial charge in [-0.1, -0.05) is 24.3 Å². The zero-order valence-electron chi connectivity index (χ0n) is 17.3. The summed E-state index contributed by atoms with van der Waals surface area (Å²) in [6.07, 6.45) is -3.37. The van der Waals surface area contributed by atoms with E-state index in [0.29, 0.717) is 38.1 Å². The molecule has 0 aliphatic rings. The molecule has 0 saturated carbocycles. The zero-order chi connectivity index (χ0) is 23.8. The molecule has 172 valence electrons. The minimum absolute atomic E-state index is 0.0455. The molecule has 2 heterocycles. The van der Waals surface area contributed by atoms with Crippen molar-refractivity contribution in [1.29, 1.82) is 0 Å². The van der Waals surface area contributed by atoms with Gasteiger partial charge in [0.25, 0.3) is 5.56 Å². The van der Waals surface area contributed by atoms with Gasteiger partial charge in [0.1, 0.15) is 18.1 Å². The van der Waals surface area contributed by atoms with Gasteiger partial charge in [0, 0.05) is 17.8 Å². The Kier molecular flexibility index (Phi) is 5.92. The number of alkyl halides is 5. The Labute approximate surface area is 184 Å². The number of halogens is 5. The number of fused-ring (bicyclic) bond motifs is 1. The highest BCUT2D eigenvalue weighted by molar-refractivity contribution is 5.82. The van der Waals surface area contributed by atoms with Crippen LogP contribution in [0.2, 0.25) is 0 Å². The highest BCUT2D eigenvalue weighted by atomic mass is 19.4. The minimum Gasteiger partial charge on any atom is -0.434 e. The van der Waals surface area contributed by atoms with Gasteiger partial charge in [0.15, 0.2) is 0 Å². The van der Waals surface area contributed by atoms with Gasteiger partial charge in [-0.3, -0.25) is 4.79 Å². The molecule has 33 heavy (non-hydrogen) atoms. The molecule has 0 radical (unpaired) electrons. The van der Waals surface area contributed by atoms with Crippen LogP contribution in [-0.2, 0) is 13.1 Å². The first-order chi connectivity index (χ1) is 15.6. The summed E-state index contributed by atoms with van der Waals surface area (Å²) in [5.74, 6) is 0.667. The molecule has 0 aliphatic heterocycles. The van der Waals surface area contributed by atoms with Crippen molar-refractivity contribution in [3.8, 4) is 16.9 Å². The van der Waals surface area contributed by atoms with Crippen LogP contribution in [0.4, 0.5) is 22.0 Å². The second-order valence-corrected chi connectivity index (χ2v) is 7.43. The average molecular weight is 463 g/mol. The molecule has 0 bridgehead atoms. The first-order valence-electron chi connectivity index (χ1n) is 9.88. The maximum Gasteiger partial charge on any atom is 0.406 e. The second-order valence-electron chi connectivity index (χ2n) is 7.43. The molecule has 5 nitrogen and oxygen atoms in total. The molecule has 0 amide bonds. The predicted octanol–water partition coefficient (Wildman–Crippen LogP) is 5.39. The van der Waals surface area contributed by atoms with Gasteiger partial charge < -0.3 is 13.9 Å². The van der Waals surface area contributed by atoms with Gasteiger partial charge >= 0.3 is 12.8 Å². The number of pyridine rings is 1. The van der Waals surface area contributed by atoms with Crippen LogP contribution in [0.3, 0.4) is 0 Å². The number of aryl methyl sites for hydroxylation is 1. The molecular formula is C23H18F5N3O2. The van der Waals surface area contributed by atoms with Crippen molar-refractivity contribution >= 4 is 11.0 Å². The van der Waals surface area contributed by atoms with Gasteiger partial charge in [0.05, 0.1) is 17.6 Å². The maximum absolute atomic E-state index is 12.8. The molecule has 4 rings (SSSR count). The SMILES string of the molecule is Cc1nc2ccc(-c3ccc(=O)n(CC(F)(F)F)c3)cc2n1Cc1ccccc1OC(F)F. The number of benzene rings is 2. The lowest BCUT2D eigenvalue weighted by molar-refractivity contribution is -0.141. The monoisotopic (exact) mass is 463 g/mol. The molecule has 0 saturated heterocycles. The maximum atomic E-state index is 12.8. The van der Waals surface area contributed by atoms with E-state index in [-0.39, 0.29) is 12.3 Å². The third-order valence-electron chi connectivity index (χ3n) is 5.12. The number of hydrogen-bond acceptors (Lipinski definition) is 3. The summed E-state index contributed by atoms with van der Waals surface area (Å²) < 4.78 is 71.0. The van der Waals surface area contributed by atoms with Gasteiger partial charge in [-0.25, -0.2) is 4.98 Å². The predicted molar refractivity (Wildman–Crippen MR) is 112 cm³/mol. The highest BCUT2D eigenvalue weighted by Gasteiger charge is 2.28. The molecule has 0 spiro atoms. The van der Waals surface area contributed by atoms with Crippen LogP contribution in [-0.4, -0.2) is 26.9 Å². The van der Waals surface area contributed by atoms with Crippen LogP contribution >= 0.6 is 0 Å².